The summed E-state index contributed by atoms with van der Waals surface area (Å²) >= 11 is 7.78. The van der Waals surface area contributed by atoms with Gasteiger partial charge in [0.25, 0.3) is 0 Å². The van der Waals surface area contributed by atoms with Crippen molar-refractivity contribution in [3.63, 3.8) is 0 Å². The molecule has 1 aromatic heterocycles. The quantitative estimate of drug-likeness (QED) is 0.150. The van der Waals surface area contributed by atoms with Crippen LogP contribution in [0.2, 0.25) is 5.02 Å². The van der Waals surface area contributed by atoms with Gasteiger partial charge in [-0.3, -0.25) is 24.2 Å². The number of piperidine rings is 1. The number of carbonyl (C=O) groups is 5. The summed E-state index contributed by atoms with van der Waals surface area (Å²) in [7, 11) is 0. The lowest BCUT2D eigenvalue weighted by molar-refractivity contribution is -0.131. The van der Waals surface area contributed by atoms with Crippen molar-refractivity contribution < 1.29 is 24.0 Å². The van der Waals surface area contributed by atoms with Crippen molar-refractivity contribution in [3.8, 4) is 0 Å². The molecule has 4 rings (SSSR count). The molecule has 0 radical (unpaired) electrons. The SMILES string of the molecule is CC(C)(C)CNC(=O)C[C@H](NC(=O)N1CCC(C(=O)Nc2cccnc2)CC1)C(=O)N[C@@H](CSCc1ccccc1)C(=O)NCc1ccccc1Cl. The summed E-state index contributed by atoms with van der Waals surface area (Å²) in [6.07, 6.45) is 3.71. The molecule has 2 atom stereocenters. The van der Waals surface area contributed by atoms with E-state index >= 15 is 0 Å². The number of rotatable bonds is 15. The molecule has 0 unspecified atom stereocenters. The molecule has 3 aromatic rings. The van der Waals surface area contributed by atoms with Crippen molar-refractivity contribution in [2.75, 3.05) is 30.7 Å². The Bertz CT molecular complexity index is 1650. The highest BCUT2D eigenvalue weighted by molar-refractivity contribution is 7.98. The Labute approximate surface area is 314 Å². The molecule has 1 fully saturated rings. The predicted molar refractivity (Wildman–Crippen MR) is 204 cm³/mol. The Kier molecular flexibility index (Phi) is 15.3. The summed E-state index contributed by atoms with van der Waals surface area (Å²) in [4.78, 5) is 72.4. The van der Waals surface area contributed by atoms with Gasteiger partial charge in [-0.1, -0.05) is 80.9 Å². The first-order valence-corrected chi connectivity index (χ1v) is 18.9. The van der Waals surface area contributed by atoms with Gasteiger partial charge in [-0.15, -0.1) is 0 Å². The standard InChI is InChI=1S/C38H48ClN7O5S/c1-38(2,3)25-42-33(47)20-31(45-37(51)46-18-15-27(16-19-46)34(48)43-29-13-9-17-40-22-29)36(50)44-32(24-52-23-26-10-5-4-6-11-26)35(49)41-21-28-12-7-8-14-30(28)39/h4-14,17,22,27,31-32H,15-16,18-21,23-25H2,1-3H3,(H,41,49)(H,42,47)(H,43,48)(H,44,50)(H,45,51)/t31-,32-/m0/s1. The molecule has 14 heteroatoms. The molecule has 0 saturated carbocycles. The highest BCUT2D eigenvalue weighted by Crippen LogP contribution is 2.20. The van der Waals surface area contributed by atoms with Gasteiger partial charge in [0.1, 0.15) is 12.1 Å². The van der Waals surface area contributed by atoms with Crippen LogP contribution in [0.1, 0.15) is 51.2 Å². The summed E-state index contributed by atoms with van der Waals surface area (Å²) in [5.41, 5.74) is 2.18. The largest absolute Gasteiger partial charge is 0.355 e. The molecule has 6 amide bonds. The summed E-state index contributed by atoms with van der Waals surface area (Å²) in [6, 6.07) is 17.6. The minimum absolute atomic E-state index is 0.148. The highest BCUT2D eigenvalue weighted by Gasteiger charge is 2.32. The number of halogens is 1. The smallest absolute Gasteiger partial charge is 0.318 e. The molecular formula is C38H48ClN7O5S. The number of hydrogen-bond acceptors (Lipinski definition) is 7. The predicted octanol–water partition coefficient (Wildman–Crippen LogP) is 4.75. The van der Waals surface area contributed by atoms with Gasteiger partial charge in [-0.25, -0.2) is 4.79 Å². The van der Waals surface area contributed by atoms with E-state index in [2.05, 4.69) is 31.6 Å². The van der Waals surface area contributed by atoms with Gasteiger partial charge in [-0.05, 0) is 47.6 Å². The van der Waals surface area contributed by atoms with E-state index in [1.807, 2.05) is 57.2 Å². The average Bonchev–Trinajstić information content (AvgIpc) is 3.13. The molecule has 0 spiro atoms. The van der Waals surface area contributed by atoms with Crippen LogP contribution in [0.15, 0.2) is 79.1 Å². The number of benzene rings is 2. The first kappa shape index (κ1) is 40.2. The Hall–Kier alpha value is -4.62. The maximum atomic E-state index is 13.9. The molecule has 2 aromatic carbocycles. The van der Waals surface area contributed by atoms with Crippen LogP contribution in [-0.2, 0) is 31.5 Å². The van der Waals surface area contributed by atoms with Crippen LogP contribution in [0.25, 0.3) is 0 Å². The highest BCUT2D eigenvalue weighted by atomic mass is 35.5. The molecule has 0 bridgehead atoms. The van der Waals surface area contributed by atoms with Gasteiger partial charge in [0.15, 0.2) is 0 Å². The van der Waals surface area contributed by atoms with E-state index in [0.717, 1.165) is 11.1 Å². The molecule has 1 saturated heterocycles. The monoisotopic (exact) mass is 749 g/mol. The van der Waals surface area contributed by atoms with Gasteiger partial charge in [0.05, 0.1) is 18.3 Å². The van der Waals surface area contributed by atoms with E-state index in [0.29, 0.717) is 35.8 Å². The van der Waals surface area contributed by atoms with Gasteiger partial charge in [-0.2, -0.15) is 11.8 Å². The Morgan fingerprint density at radius 3 is 2.27 bits per heavy atom. The van der Waals surface area contributed by atoms with Gasteiger partial charge in [0.2, 0.25) is 23.6 Å². The lowest BCUT2D eigenvalue weighted by atomic mass is 9.96. The molecule has 1 aliphatic rings. The summed E-state index contributed by atoms with van der Waals surface area (Å²) in [6.45, 7) is 7.00. The number of carbonyl (C=O) groups excluding carboxylic acids is 5. The van der Waals surface area contributed by atoms with E-state index in [9.17, 15) is 24.0 Å². The normalized spacial score (nSPS) is 14.4. The maximum Gasteiger partial charge on any atom is 0.318 e. The third kappa shape index (κ3) is 13.5. The van der Waals surface area contributed by atoms with Crippen molar-refractivity contribution in [1.82, 2.24) is 31.2 Å². The summed E-state index contributed by atoms with van der Waals surface area (Å²) in [5.74, 6) is -1.11. The van der Waals surface area contributed by atoms with Crippen LogP contribution < -0.4 is 26.6 Å². The van der Waals surface area contributed by atoms with Crippen LogP contribution in [0.4, 0.5) is 10.5 Å². The maximum absolute atomic E-state index is 13.9. The average molecular weight is 750 g/mol. The second-order valence-electron chi connectivity index (χ2n) is 13.9. The number of amides is 6. The molecule has 1 aliphatic heterocycles. The summed E-state index contributed by atoms with van der Waals surface area (Å²) < 4.78 is 0. The van der Waals surface area contributed by atoms with Gasteiger partial charge < -0.3 is 31.5 Å². The van der Waals surface area contributed by atoms with E-state index in [1.165, 1.54) is 16.7 Å². The lowest BCUT2D eigenvalue weighted by Crippen LogP contribution is -2.58. The number of aromatic nitrogens is 1. The Morgan fingerprint density at radius 1 is 0.885 bits per heavy atom. The van der Waals surface area contributed by atoms with Gasteiger partial charge in [0, 0.05) is 54.8 Å². The fraction of sp³-hybridized carbons (Fsp3) is 0.421. The molecule has 52 heavy (non-hydrogen) atoms. The first-order valence-electron chi connectivity index (χ1n) is 17.3. The summed E-state index contributed by atoms with van der Waals surface area (Å²) in [5, 5.41) is 14.6. The van der Waals surface area contributed by atoms with Crippen molar-refractivity contribution in [1.29, 1.82) is 0 Å². The molecule has 278 valence electrons. The Balaban J connectivity index is 1.43. The molecule has 0 aliphatic carbocycles. The van der Waals surface area contributed by atoms with Gasteiger partial charge >= 0.3 is 6.03 Å². The fourth-order valence-corrected chi connectivity index (χ4v) is 6.59. The number of anilines is 1. The minimum Gasteiger partial charge on any atom is -0.355 e. The molecule has 5 N–H and O–H groups in total. The van der Waals surface area contributed by atoms with E-state index in [4.69, 9.17) is 11.6 Å². The van der Waals surface area contributed by atoms with Crippen LogP contribution in [-0.4, -0.2) is 77.0 Å². The molecule has 2 heterocycles. The zero-order valence-electron chi connectivity index (χ0n) is 29.8. The number of urea groups is 1. The number of likely N-dealkylation sites (tertiary alicyclic amines) is 1. The molecular weight excluding hydrogens is 702 g/mol. The van der Waals surface area contributed by atoms with E-state index in [1.54, 1.807) is 42.7 Å². The van der Waals surface area contributed by atoms with Crippen molar-refractivity contribution in [3.05, 3.63) is 95.3 Å². The Morgan fingerprint density at radius 2 is 1.60 bits per heavy atom. The number of nitrogens with zero attached hydrogens (tertiary/aromatic N) is 2. The lowest BCUT2D eigenvalue weighted by Gasteiger charge is -2.32. The second-order valence-corrected chi connectivity index (χ2v) is 15.3. The van der Waals surface area contributed by atoms with Crippen molar-refractivity contribution >= 4 is 58.7 Å². The van der Waals surface area contributed by atoms with E-state index < -0.39 is 35.8 Å². The van der Waals surface area contributed by atoms with Crippen LogP contribution in [0.5, 0.6) is 0 Å². The first-order chi connectivity index (χ1) is 24.9. The fourth-order valence-electron chi connectivity index (χ4n) is 5.37. The van der Waals surface area contributed by atoms with Crippen LogP contribution in [0, 0.1) is 11.3 Å². The number of hydrogen-bond donors (Lipinski definition) is 5. The van der Waals surface area contributed by atoms with E-state index in [-0.39, 0.29) is 49.0 Å². The number of pyridine rings is 1. The third-order valence-corrected chi connectivity index (χ3v) is 9.82. The third-order valence-electron chi connectivity index (χ3n) is 8.34. The molecule has 12 nitrogen and oxygen atoms in total. The number of nitrogens with one attached hydrogen (secondary N) is 5. The minimum atomic E-state index is -1.27. The second kappa shape index (κ2) is 19.8. The zero-order chi connectivity index (χ0) is 37.5. The number of thioether (sulfide) groups is 1. The van der Waals surface area contributed by atoms with Crippen molar-refractivity contribution in [2.24, 2.45) is 11.3 Å². The van der Waals surface area contributed by atoms with Crippen LogP contribution >= 0.6 is 23.4 Å². The topological polar surface area (TPSA) is 162 Å². The van der Waals surface area contributed by atoms with Crippen molar-refractivity contribution in [2.45, 2.75) is 64.4 Å². The zero-order valence-corrected chi connectivity index (χ0v) is 31.4. The van der Waals surface area contributed by atoms with Crippen LogP contribution in [0.3, 0.4) is 0 Å².